The lowest BCUT2D eigenvalue weighted by Crippen LogP contribution is -2.46. The molecule has 4 rings (SSSR count). The lowest BCUT2D eigenvalue weighted by Gasteiger charge is -2.31. The van der Waals surface area contributed by atoms with E-state index in [-0.39, 0.29) is 16.8 Å². The van der Waals surface area contributed by atoms with Crippen molar-refractivity contribution in [3.8, 4) is 5.69 Å². The highest BCUT2D eigenvalue weighted by Crippen LogP contribution is 2.18. The largest absolute Gasteiger partial charge is 0.337 e. The quantitative estimate of drug-likeness (QED) is 0.683. The molecule has 1 aliphatic rings. The Hall–Kier alpha value is -2.97. The van der Waals surface area contributed by atoms with Crippen LogP contribution in [0.15, 0.2) is 71.6 Å². The predicted molar refractivity (Wildman–Crippen MR) is 114 cm³/mol. The van der Waals surface area contributed by atoms with E-state index in [9.17, 15) is 13.2 Å². The summed E-state index contributed by atoms with van der Waals surface area (Å²) >= 11 is 0. The first-order valence-corrected chi connectivity index (χ1v) is 11.4. The summed E-state index contributed by atoms with van der Waals surface area (Å²) in [5.74, 6) is -0.128. The van der Waals surface area contributed by atoms with E-state index >= 15 is 0 Å². The van der Waals surface area contributed by atoms with E-state index in [1.54, 1.807) is 46.0 Å². The highest BCUT2D eigenvalue weighted by Gasteiger charge is 2.28. The Morgan fingerprint density at radius 1 is 1.00 bits per heavy atom. The van der Waals surface area contributed by atoms with Crippen LogP contribution in [-0.4, -0.2) is 48.1 Å². The predicted octanol–water partition coefficient (Wildman–Crippen LogP) is 2.76. The Balaban J connectivity index is 1.39. The van der Waals surface area contributed by atoms with Crippen molar-refractivity contribution in [1.29, 1.82) is 0 Å². The fraction of sp³-hybridized carbons (Fsp3) is 0.273. The Labute approximate surface area is 176 Å². The van der Waals surface area contributed by atoms with E-state index in [0.29, 0.717) is 31.6 Å². The smallest absolute Gasteiger partial charge is 0.274 e. The van der Waals surface area contributed by atoms with Crippen LogP contribution in [0.3, 0.4) is 0 Å². The third kappa shape index (κ3) is 4.29. The van der Waals surface area contributed by atoms with Crippen LogP contribution in [0.5, 0.6) is 0 Å². The van der Waals surface area contributed by atoms with Crippen LogP contribution in [0.2, 0.25) is 0 Å². The Bertz CT molecular complexity index is 1120. The monoisotopic (exact) mass is 424 g/mol. The molecule has 1 fully saturated rings. The molecule has 0 saturated carbocycles. The second-order valence-corrected chi connectivity index (χ2v) is 9.13. The molecule has 30 heavy (non-hydrogen) atoms. The van der Waals surface area contributed by atoms with Gasteiger partial charge >= 0.3 is 0 Å². The molecule has 1 aliphatic heterocycles. The van der Waals surface area contributed by atoms with Crippen molar-refractivity contribution in [3.63, 3.8) is 0 Å². The summed E-state index contributed by atoms with van der Waals surface area (Å²) in [6, 6.07) is 19.6. The van der Waals surface area contributed by atoms with Crippen molar-refractivity contribution in [3.05, 3.63) is 78.1 Å². The van der Waals surface area contributed by atoms with E-state index < -0.39 is 10.0 Å². The van der Waals surface area contributed by atoms with E-state index in [2.05, 4.69) is 9.82 Å². The first-order valence-electron chi connectivity index (χ1n) is 9.93. The van der Waals surface area contributed by atoms with Gasteiger partial charge in [0.15, 0.2) is 5.69 Å². The summed E-state index contributed by atoms with van der Waals surface area (Å²) in [7, 11) is -3.55. The highest BCUT2D eigenvalue weighted by atomic mass is 32.2. The molecule has 0 spiro atoms. The molecule has 7 nitrogen and oxygen atoms in total. The number of hydrogen-bond donors (Lipinski definition) is 1. The zero-order chi connectivity index (χ0) is 21.1. The summed E-state index contributed by atoms with van der Waals surface area (Å²) in [5, 5.41) is 4.49. The molecule has 3 aromatic rings. The number of rotatable bonds is 5. The average Bonchev–Trinajstić information content (AvgIpc) is 3.16. The third-order valence-electron chi connectivity index (χ3n) is 5.26. The summed E-state index contributed by atoms with van der Waals surface area (Å²) in [6.45, 7) is 2.89. The lowest BCUT2D eigenvalue weighted by atomic mass is 10.1. The molecule has 1 aromatic heterocycles. The van der Waals surface area contributed by atoms with Gasteiger partial charge in [-0.2, -0.15) is 5.10 Å². The van der Waals surface area contributed by atoms with Crippen LogP contribution in [0, 0.1) is 6.92 Å². The molecular weight excluding hydrogens is 400 g/mol. The number of likely N-dealkylation sites (tertiary alicyclic amines) is 1. The number of aryl methyl sites for hydroxylation is 1. The molecule has 0 atom stereocenters. The topological polar surface area (TPSA) is 84.3 Å². The highest BCUT2D eigenvalue weighted by molar-refractivity contribution is 7.89. The maximum atomic E-state index is 12.9. The van der Waals surface area contributed by atoms with Gasteiger partial charge in [0.1, 0.15) is 0 Å². The van der Waals surface area contributed by atoms with Crippen LogP contribution < -0.4 is 4.72 Å². The minimum Gasteiger partial charge on any atom is -0.337 e. The molecule has 1 saturated heterocycles. The normalized spacial score (nSPS) is 15.3. The fourth-order valence-corrected chi connectivity index (χ4v) is 4.99. The van der Waals surface area contributed by atoms with Gasteiger partial charge in [-0.3, -0.25) is 4.79 Å². The van der Waals surface area contributed by atoms with Crippen molar-refractivity contribution < 1.29 is 13.2 Å². The van der Waals surface area contributed by atoms with Crippen molar-refractivity contribution in [2.24, 2.45) is 0 Å². The van der Waals surface area contributed by atoms with E-state index in [1.165, 1.54) is 0 Å². The van der Waals surface area contributed by atoms with Gasteiger partial charge in [0.25, 0.3) is 5.91 Å². The number of sulfonamides is 1. The number of carbonyl (C=O) groups excluding carboxylic acids is 1. The molecule has 1 amide bonds. The van der Waals surface area contributed by atoms with Gasteiger partial charge in [0.05, 0.1) is 10.6 Å². The number of aromatic nitrogens is 2. The van der Waals surface area contributed by atoms with Gasteiger partial charge in [-0.1, -0.05) is 36.4 Å². The molecule has 8 heteroatoms. The van der Waals surface area contributed by atoms with Crippen LogP contribution in [0.25, 0.3) is 5.69 Å². The molecular formula is C22H24N4O3S. The molecule has 0 unspecified atom stereocenters. The van der Waals surface area contributed by atoms with Crippen LogP contribution in [0.1, 0.15) is 29.0 Å². The van der Waals surface area contributed by atoms with Crippen molar-refractivity contribution >= 4 is 15.9 Å². The Morgan fingerprint density at radius 2 is 1.60 bits per heavy atom. The van der Waals surface area contributed by atoms with Crippen molar-refractivity contribution in [2.45, 2.75) is 30.7 Å². The van der Waals surface area contributed by atoms with E-state index in [4.69, 9.17) is 0 Å². The summed E-state index contributed by atoms with van der Waals surface area (Å²) in [5.41, 5.74) is 2.19. The van der Waals surface area contributed by atoms with Gasteiger partial charge in [-0.25, -0.2) is 17.8 Å². The fourth-order valence-electron chi connectivity index (χ4n) is 3.66. The maximum absolute atomic E-state index is 12.9. The number of hydrogen-bond acceptors (Lipinski definition) is 4. The molecule has 2 heterocycles. The van der Waals surface area contributed by atoms with Gasteiger partial charge in [0.2, 0.25) is 10.0 Å². The number of piperidine rings is 1. The van der Waals surface area contributed by atoms with Gasteiger partial charge in [-0.05, 0) is 50.1 Å². The Kier molecular flexibility index (Phi) is 5.69. The van der Waals surface area contributed by atoms with Crippen molar-refractivity contribution in [1.82, 2.24) is 19.4 Å². The van der Waals surface area contributed by atoms with Crippen LogP contribution >= 0.6 is 0 Å². The molecule has 156 valence electrons. The molecule has 0 radical (unpaired) electrons. The number of nitrogens with one attached hydrogen (secondary N) is 1. The Morgan fingerprint density at radius 3 is 2.23 bits per heavy atom. The lowest BCUT2D eigenvalue weighted by molar-refractivity contribution is 0.0705. The second kappa shape index (κ2) is 8.41. The van der Waals surface area contributed by atoms with Gasteiger partial charge in [0, 0.05) is 24.8 Å². The molecule has 0 aliphatic carbocycles. The number of carbonyl (C=O) groups is 1. The first kappa shape index (κ1) is 20.3. The standard InChI is InChI=1S/C22H24N4O3S/c1-17-16-21(23-26(17)19-8-4-2-5-9-19)22(27)25-14-12-18(13-15-25)24-30(28,29)20-10-6-3-7-11-20/h2-11,16,18,24H,12-15H2,1H3. The average molecular weight is 425 g/mol. The number of amides is 1. The third-order valence-corrected chi connectivity index (χ3v) is 6.80. The summed E-state index contributed by atoms with van der Waals surface area (Å²) < 4.78 is 29.5. The maximum Gasteiger partial charge on any atom is 0.274 e. The van der Waals surface area contributed by atoms with Gasteiger partial charge < -0.3 is 4.90 Å². The molecule has 0 bridgehead atoms. The number of nitrogens with zero attached hydrogens (tertiary/aromatic N) is 3. The zero-order valence-electron chi connectivity index (χ0n) is 16.7. The van der Waals surface area contributed by atoms with Crippen LogP contribution in [0.4, 0.5) is 0 Å². The van der Waals surface area contributed by atoms with Gasteiger partial charge in [-0.15, -0.1) is 0 Å². The summed E-state index contributed by atoms with van der Waals surface area (Å²) in [6.07, 6.45) is 1.13. The van der Waals surface area contributed by atoms with E-state index in [0.717, 1.165) is 11.4 Å². The molecule has 2 aromatic carbocycles. The zero-order valence-corrected chi connectivity index (χ0v) is 17.5. The summed E-state index contributed by atoms with van der Waals surface area (Å²) in [4.78, 5) is 14.9. The first-order chi connectivity index (χ1) is 14.4. The van der Waals surface area contributed by atoms with Crippen LogP contribution in [-0.2, 0) is 10.0 Å². The minimum absolute atomic E-state index is 0.128. The number of para-hydroxylation sites is 1. The van der Waals surface area contributed by atoms with E-state index in [1.807, 2.05) is 37.3 Å². The number of benzene rings is 2. The molecule has 1 N–H and O–H groups in total. The minimum atomic E-state index is -3.55. The SMILES string of the molecule is Cc1cc(C(=O)N2CCC(NS(=O)(=O)c3ccccc3)CC2)nn1-c1ccccc1. The second-order valence-electron chi connectivity index (χ2n) is 7.42. The van der Waals surface area contributed by atoms with Crippen molar-refractivity contribution in [2.75, 3.05) is 13.1 Å².